The maximum absolute atomic E-state index is 11.1. The second-order valence-electron chi connectivity index (χ2n) is 4.70. The van der Waals surface area contributed by atoms with Crippen LogP contribution in [0.15, 0.2) is 16.6 Å². The van der Waals surface area contributed by atoms with Crippen molar-refractivity contribution in [3.05, 3.63) is 39.1 Å². The molecule has 0 fully saturated rings. The van der Waals surface area contributed by atoms with Crippen LogP contribution in [0.3, 0.4) is 0 Å². The lowest BCUT2D eigenvalue weighted by atomic mass is 10.1. The average Bonchev–Trinajstić information content (AvgIpc) is 3.04. The fraction of sp³-hybridized carbons (Fsp3) is 0.308. The molecule has 7 nitrogen and oxygen atoms in total. The van der Waals surface area contributed by atoms with Gasteiger partial charge in [0, 0.05) is 23.0 Å². The Kier molecular flexibility index (Phi) is 3.64. The molecule has 3 N–H and O–H groups in total. The number of aromatic carboxylic acids is 1. The molecule has 3 rings (SSSR count). The normalized spacial score (nSPS) is 13.0. The van der Waals surface area contributed by atoms with E-state index in [1.165, 1.54) is 4.68 Å². The number of nitrogens with two attached hydrogens (primary N) is 1. The Labute approximate surface area is 128 Å². The van der Waals surface area contributed by atoms with E-state index in [9.17, 15) is 4.79 Å². The van der Waals surface area contributed by atoms with Crippen LogP contribution in [0.4, 0.5) is 0 Å². The summed E-state index contributed by atoms with van der Waals surface area (Å²) in [5.41, 5.74) is 7.97. The molecular weight excluding hydrogens is 340 g/mol. The van der Waals surface area contributed by atoms with Crippen molar-refractivity contribution < 1.29 is 14.6 Å². The second kappa shape index (κ2) is 5.45. The van der Waals surface area contributed by atoms with Gasteiger partial charge in [0.05, 0.1) is 18.8 Å². The van der Waals surface area contributed by atoms with Crippen molar-refractivity contribution >= 4 is 21.9 Å². The number of hydrogen-bond donors (Lipinski definition) is 2. The summed E-state index contributed by atoms with van der Waals surface area (Å²) in [5, 5.41) is 16.6. The van der Waals surface area contributed by atoms with Crippen LogP contribution in [0.25, 0.3) is 0 Å². The van der Waals surface area contributed by atoms with Crippen molar-refractivity contribution in [2.45, 2.75) is 19.5 Å². The third kappa shape index (κ3) is 2.52. The fourth-order valence-corrected chi connectivity index (χ4v) is 3.01. The Hall–Kier alpha value is -1.93. The van der Waals surface area contributed by atoms with Crippen LogP contribution in [0.1, 0.15) is 27.3 Å². The number of fused-ring (bicyclic) bond motifs is 1. The molecule has 0 aliphatic carbocycles. The summed E-state index contributed by atoms with van der Waals surface area (Å²) >= 11 is 3.47. The molecule has 0 amide bonds. The van der Waals surface area contributed by atoms with E-state index in [2.05, 4.69) is 26.2 Å². The third-order valence-electron chi connectivity index (χ3n) is 3.38. The molecule has 0 bridgehead atoms. The molecule has 1 aliphatic heterocycles. The molecule has 8 heteroatoms. The van der Waals surface area contributed by atoms with Gasteiger partial charge in [-0.15, -0.1) is 5.10 Å². The van der Waals surface area contributed by atoms with Crippen molar-refractivity contribution in [3.63, 3.8) is 0 Å². The zero-order chi connectivity index (χ0) is 15.0. The molecule has 2 aromatic rings. The van der Waals surface area contributed by atoms with Gasteiger partial charge in [0.1, 0.15) is 5.75 Å². The SMILES string of the molecule is NCc1c(C(=O)O)nnn1Cc1cc(Br)cc2c1OCC2. The average molecular weight is 353 g/mol. The topological polar surface area (TPSA) is 103 Å². The van der Waals surface area contributed by atoms with Crippen LogP contribution >= 0.6 is 15.9 Å². The Bertz CT molecular complexity index is 714. The fourth-order valence-electron chi connectivity index (χ4n) is 2.45. The summed E-state index contributed by atoms with van der Waals surface area (Å²) < 4.78 is 8.12. The number of benzene rings is 1. The lowest BCUT2D eigenvalue weighted by molar-refractivity contribution is 0.0689. The van der Waals surface area contributed by atoms with Gasteiger partial charge in [-0.25, -0.2) is 9.48 Å². The first-order chi connectivity index (χ1) is 10.1. The van der Waals surface area contributed by atoms with Gasteiger partial charge in [0.25, 0.3) is 0 Å². The quantitative estimate of drug-likeness (QED) is 0.856. The Morgan fingerprint density at radius 3 is 3.05 bits per heavy atom. The first-order valence-electron chi connectivity index (χ1n) is 6.40. The van der Waals surface area contributed by atoms with Gasteiger partial charge >= 0.3 is 5.97 Å². The number of hydrogen-bond acceptors (Lipinski definition) is 5. The first kappa shape index (κ1) is 14.0. The molecule has 0 saturated carbocycles. The van der Waals surface area contributed by atoms with E-state index in [1.54, 1.807) is 0 Å². The van der Waals surface area contributed by atoms with Gasteiger partial charge in [-0.1, -0.05) is 21.1 Å². The summed E-state index contributed by atoms with van der Waals surface area (Å²) in [6, 6.07) is 3.96. The van der Waals surface area contributed by atoms with E-state index < -0.39 is 5.97 Å². The van der Waals surface area contributed by atoms with E-state index in [-0.39, 0.29) is 12.2 Å². The molecule has 1 aromatic carbocycles. The predicted octanol–water partition coefficient (Wildman–Crippen LogP) is 1.18. The van der Waals surface area contributed by atoms with Crippen LogP contribution in [0, 0.1) is 0 Å². The van der Waals surface area contributed by atoms with Crippen LogP contribution in [-0.4, -0.2) is 32.7 Å². The maximum Gasteiger partial charge on any atom is 0.358 e. The van der Waals surface area contributed by atoms with E-state index in [0.717, 1.165) is 27.8 Å². The minimum absolute atomic E-state index is 0.0612. The van der Waals surface area contributed by atoms with E-state index in [4.69, 9.17) is 15.6 Å². The van der Waals surface area contributed by atoms with Crippen LogP contribution < -0.4 is 10.5 Å². The standard InChI is InChI=1S/C13H13BrN4O3/c14-9-3-7-1-2-21-12(7)8(4-9)6-18-10(5-15)11(13(19)20)16-17-18/h3-4H,1-2,5-6,15H2,(H,19,20). The Morgan fingerprint density at radius 1 is 1.52 bits per heavy atom. The number of carboxylic acid groups (broad SMARTS) is 1. The predicted molar refractivity (Wildman–Crippen MR) is 77.3 cm³/mol. The monoisotopic (exact) mass is 352 g/mol. The van der Waals surface area contributed by atoms with Crippen molar-refractivity contribution in [1.29, 1.82) is 0 Å². The van der Waals surface area contributed by atoms with Gasteiger partial charge in [-0.3, -0.25) is 0 Å². The van der Waals surface area contributed by atoms with Crippen molar-refractivity contribution in [2.75, 3.05) is 6.61 Å². The molecule has 0 radical (unpaired) electrons. The number of ether oxygens (including phenoxy) is 1. The molecule has 0 spiro atoms. The van der Waals surface area contributed by atoms with Crippen LogP contribution in [-0.2, 0) is 19.5 Å². The molecule has 0 saturated heterocycles. The van der Waals surface area contributed by atoms with E-state index in [0.29, 0.717) is 18.8 Å². The number of carbonyl (C=O) groups is 1. The Balaban J connectivity index is 2.00. The van der Waals surface area contributed by atoms with Crippen molar-refractivity contribution in [1.82, 2.24) is 15.0 Å². The third-order valence-corrected chi connectivity index (χ3v) is 3.84. The number of rotatable bonds is 4. The highest BCUT2D eigenvalue weighted by Gasteiger charge is 2.21. The summed E-state index contributed by atoms with van der Waals surface area (Å²) in [6.45, 7) is 1.08. The van der Waals surface area contributed by atoms with Crippen molar-refractivity contribution in [2.24, 2.45) is 5.73 Å². The highest BCUT2D eigenvalue weighted by atomic mass is 79.9. The summed E-state index contributed by atoms with van der Waals surface area (Å²) in [5.74, 6) is -0.286. The molecular formula is C13H13BrN4O3. The first-order valence-corrected chi connectivity index (χ1v) is 7.19. The second-order valence-corrected chi connectivity index (χ2v) is 5.62. The van der Waals surface area contributed by atoms with Gasteiger partial charge in [0.2, 0.25) is 0 Å². The highest BCUT2D eigenvalue weighted by molar-refractivity contribution is 9.10. The molecule has 0 atom stereocenters. The lowest BCUT2D eigenvalue weighted by Gasteiger charge is -2.10. The summed E-state index contributed by atoms with van der Waals surface area (Å²) in [7, 11) is 0. The smallest absolute Gasteiger partial charge is 0.358 e. The Morgan fingerprint density at radius 2 is 2.33 bits per heavy atom. The van der Waals surface area contributed by atoms with Crippen LogP contribution in [0.2, 0.25) is 0 Å². The number of nitrogens with zero attached hydrogens (tertiary/aromatic N) is 3. The van der Waals surface area contributed by atoms with Gasteiger partial charge < -0.3 is 15.6 Å². The minimum atomic E-state index is -1.13. The highest BCUT2D eigenvalue weighted by Crippen LogP contribution is 2.33. The molecule has 2 heterocycles. The maximum atomic E-state index is 11.1. The van der Waals surface area contributed by atoms with Crippen molar-refractivity contribution in [3.8, 4) is 5.75 Å². The number of halogens is 1. The molecule has 1 aromatic heterocycles. The van der Waals surface area contributed by atoms with Crippen LogP contribution in [0.5, 0.6) is 5.75 Å². The molecule has 0 unspecified atom stereocenters. The zero-order valence-electron chi connectivity index (χ0n) is 11.0. The van der Waals surface area contributed by atoms with Gasteiger partial charge in [0.15, 0.2) is 5.69 Å². The van der Waals surface area contributed by atoms with E-state index in [1.807, 2.05) is 12.1 Å². The lowest BCUT2D eigenvalue weighted by Crippen LogP contribution is -2.13. The van der Waals surface area contributed by atoms with Gasteiger partial charge in [-0.05, 0) is 17.7 Å². The molecule has 1 aliphatic rings. The summed E-state index contributed by atoms with van der Waals surface area (Å²) in [4.78, 5) is 11.1. The molecule has 110 valence electrons. The minimum Gasteiger partial charge on any atom is -0.493 e. The van der Waals surface area contributed by atoms with Gasteiger partial charge in [-0.2, -0.15) is 0 Å². The summed E-state index contributed by atoms with van der Waals surface area (Å²) in [6.07, 6.45) is 0.864. The largest absolute Gasteiger partial charge is 0.493 e. The number of aromatic nitrogens is 3. The van der Waals surface area contributed by atoms with E-state index >= 15 is 0 Å². The number of carboxylic acids is 1. The zero-order valence-corrected chi connectivity index (χ0v) is 12.6. The molecule has 21 heavy (non-hydrogen) atoms.